The van der Waals surface area contributed by atoms with Crippen LogP contribution in [0.5, 0.6) is 0 Å². The summed E-state index contributed by atoms with van der Waals surface area (Å²) >= 11 is 1.70. The van der Waals surface area contributed by atoms with E-state index in [0.717, 1.165) is 43.8 Å². The molecule has 0 spiro atoms. The second-order valence-electron chi connectivity index (χ2n) is 6.36. The van der Waals surface area contributed by atoms with Gasteiger partial charge in [0.25, 0.3) is 0 Å². The first-order chi connectivity index (χ1) is 10.6. The smallest absolute Gasteiger partial charge is 0.191 e. The maximum absolute atomic E-state index is 6.21. The Hall–Kier alpha value is -0.610. The molecule has 2 aliphatic rings. The number of piperazine rings is 1. The molecule has 0 aromatic carbocycles. The van der Waals surface area contributed by atoms with Crippen LogP contribution in [0.3, 0.4) is 0 Å². The van der Waals surface area contributed by atoms with Gasteiger partial charge in [0.05, 0.1) is 6.54 Å². The number of nitrogens with two attached hydrogens (primary N) is 1. The molecule has 1 aromatic rings. The van der Waals surface area contributed by atoms with Crippen molar-refractivity contribution in [1.82, 2.24) is 14.8 Å². The quantitative estimate of drug-likeness (QED) is 0.419. The van der Waals surface area contributed by atoms with Crippen molar-refractivity contribution in [3.8, 4) is 0 Å². The fraction of sp³-hybridized carbons (Fsp3) is 0.733. The summed E-state index contributed by atoms with van der Waals surface area (Å²) in [6, 6.07) is 0.537. The van der Waals surface area contributed by atoms with Crippen LogP contribution in [0, 0.1) is 5.92 Å². The summed E-state index contributed by atoms with van der Waals surface area (Å²) in [5, 5.41) is 3.13. The molecule has 1 saturated heterocycles. The summed E-state index contributed by atoms with van der Waals surface area (Å²) < 4.78 is 0. The van der Waals surface area contributed by atoms with Crippen molar-refractivity contribution in [3.05, 3.63) is 11.6 Å². The van der Waals surface area contributed by atoms with Crippen LogP contribution in [0.1, 0.15) is 12.8 Å². The summed E-state index contributed by atoms with van der Waals surface area (Å²) in [5.41, 5.74) is 6.21. The molecule has 1 aliphatic heterocycles. The van der Waals surface area contributed by atoms with Gasteiger partial charge in [-0.25, -0.2) is 4.98 Å². The molecule has 2 N–H and O–H groups in total. The Balaban J connectivity index is 0.00000192. The van der Waals surface area contributed by atoms with Gasteiger partial charge in [0.15, 0.2) is 11.1 Å². The van der Waals surface area contributed by atoms with Crippen molar-refractivity contribution in [2.75, 3.05) is 51.7 Å². The Morgan fingerprint density at radius 2 is 2.09 bits per heavy atom. The molecule has 2 heterocycles. The number of hydrogen-bond donors (Lipinski definition) is 1. The second kappa shape index (κ2) is 8.48. The number of nitrogens with zero attached hydrogens (tertiary/aromatic N) is 5. The Bertz CT molecular complexity index is 492. The molecular weight excluding hydrogens is 423 g/mol. The van der Waals surface area contributed by atoms with E-state index >= 15 is 0 Å². The summed E-state index contributed by atoms with van der Waals surface area (Å²) in [6.45, 7) is 4.58. The second-order valence-corrected chi connectivity index (χ2v) is 7.23. The van der Waals surface area contributed by atoms with E-state index in [1.807, 2.05) is 11.6 Å². The zero-order valence-corrected chi connectivity index (χ0v) is 17.0. The third-order valence-electron chi connectivity index (χ3n) is 4.56. The molecule has 0 amide bonds. The van der Waals surface area contributed by atoms with Crippen LogP contribution in [0.4, 0.5) is 5.13 Å². The van der Waals surface area contributed by atoms with Crippen molar-refractivity contribution < 1.29 is 0 Å². The highest BCUT2D eigenvalue weighted by Gasteiger charge is 2.32. The van der Waals surface area contributed by atoms with Crippen LogP contribution < -0.4 is 10.6 Å². The van der Waals surface area contributed by atoms with Gasteiger partial charge in [-0.15, -0.1) is 35.3 Å². The van der Waals surface area contributed by atoms with Crippen LogP contribution in [-0.2, 0) is 0 Å². The number of rotatable bonds is 5. The first-order valence-electron chi connectivity index (χ1n) is 8.01. The molecule has 1 atom stereocenters. The SMILES string of the molecule is CN(C)C(CN=C(N)N1CCN(c2nccs2)CC1)C1CC1.I. The molecule has 23 heavy (non-hydrogen) atoms. The van der Waals surface area contributed by atoms with Gasteiger partial charge in [-0.05, 0) is 32.9 Å². The van der Waals surface area contributed by atoms with E-state index in [4.69, 9.17) is 5.73 Å². The average Bonchev–Trinajstić information content (AvgIpc) is 3.20. The molecule has 130 valence electrons. The van der Waals surface area contributed by atoms with Gasteiger partial charge in [-0.1, -0.05) is 0 Å². The van der Waals surface area contributed by atoms with Crippen molar-refractivity contribution in [2.45, 2.75) is 18.9 Å². The number of guanidine groups is 1. The molecule has 1 aromatic heterocycles. The van der Waals surface area contributed by atoms with E-state index in [2.05, 4.69) is 38.8 Å². The van der Waals surface area contributed by atoms with Crippen LogP contribution in [-0.4, -0.2) is 73.6 Å². The van der Waals surface area contributed by atoms with Crippen molar-refractivity contribution in [1.29, 1.82) is 0 Å². The lowest BCUT2D eigenvalue weighted by atomic mass is 10.2. The Kier molecular flexibility index (Phi) is 6.90. The van der Waals surface area contributed by atoms with Gasteiger partial charge >= 0.3 is 0 Å². The van der Waals surface area contributed by atoms with Gasteiger partial charge < -0.3 is 20.4 Å². The molecule has 0 radical (unpaired) electrons. The van der Waals surface area contributed by atoms with Crippen LogP contribution in [0.25, 0.3) is 0 Å². The Morgan fingerprint density at radius 3 is 2.61 bits per heavy atom. The van der Waals surface area contributed by atoms with Gasteiger partial charge in [0, 0.05) is 43.8 Å². The molecule has 3 rings (SSSR count). The molecule has 8 heteroatoms. The third-order valence-corrected chi connectivity index (χ3v) is 5.40. The number of hydrogen-bond acceptors (Lipinski definition) is 5. The van der Waals surface area contributed by atoms with E-state index in [1.54, 1.807) is 11.3 Å². The van der Waals surface area contributed by atoms with Crippen molar-refractivity contribution in [2.24, 2.45) is 16.6 Å². The zero-order valence-electron chi connectivity index (χ0n) is 13.9. The predicted octanol–water partition coefficient (Wildman–Crippen LogP) is 1.54. The first kappa shape index (κ1) is 18.7. The highest BCUT2D eigenvalue weighted by molar-refractivity contribution is 14.0. The third kappa shape index (κ3) is 4.93. The first-order valence-corrected chi connectivity index (χ1v) is 8.89. The normalized spacial score (nSPS) is 20.6. The van der Waals surface area contributed by atoms with E-state index < -0.39 is 0 Å². The minimum Gasteiger partial charge on any atom is -0.370 e. The standard InChI is InChI=1S/C15H26N6S.HI/c1-19(2)13(12-3-4-12)11-18-14(16)20-6-8-21(9-7-20)15-17-5-10-22-15;/h5,10,12-13H,3-4,6-9,11H2,1-2H3,(H2,16,18);1H. The topological polar surface area (TPSA) is 61.0 Å². The monoisotopic (exact) mass is 450 g/mol. The highest BCUT2D eigenvalue weighted by atomic mass is 127. The molecule has 6 nitrogen and oxygen atoms in total. The number of halogens is 1. The van der Waals surface area contributed by atoms with Gasteiger partial charge in [0.2, 0.25) is 0 Å². The number of aromatic nitrogens is 1. The lowest BCUT2D eigenvalue weighted by Gasteiger charge is -2.35. The van der Waals surface area contributed by atoms with E-state index in [1.165, 1.54) is 12.8 Å². The molecule has 1 saturated carbocycles. The van der Waals surface area contributed by atoms with Crippen LogP contribution in [0.2, 0.25) is 0 Å². The Morgan fingerprint density at radius 1 is 1.39 bits per heavy atom. The fourth-order valence-electron chi connectivity index (χ4n) is 3.00. The van der Waals surface area contributed by atoms with Gasteiger partial charge in [-0.3, -0.25) is 4.99 Å². The van der Waals surface area contributed by atoms with Crippen molar-refractivity contribution >= 4 is 46.4 Å². The predicted molar refractivity (Wildman–Crippen MR) is 108 cm³/mol. The average molecular weight is 450 g/mol. The number of aliphatic imine (C=N–C) groups is 1. The zero-order chi connectivity index (χ0) is 15.5. The maximum Gasteiger partial charge on any atom is 0.191 e. The van der Waals surface area contributed by atoms with E-state index in [0.29, 0.717) is 12.0 Å². The van der Waals surface area contributed by atoms with Crippen LogP contribution >= 0.6 is 35.3 Å². The van der Waals surface area contributed by atoms with E-state index in [9.17, 15) is 0 Å². The molecule has 1 aliphatic carbocycles. The Labute approximate surface area is 159 Å². The number of thiazole rings is 1. The van der Waals surface area contributed by atoms with Gasteiger partial charge in [0.1, 0.15) is 0 Å². The minimum atomic E-state index is 0. The number of likely N-dealkylation sites (N-methyl/N-ethyl adjacent to an activating group) is 1. The summed E-state index contributed by atoms with van der Waals surface area (Å²) in [7, 11) is 4.28. The van der Waals surface area contributed by atoms with Gasteiger partial charge in [-0.2, -0.15) is 0 Å². The maximum atomic E-state index is 6.21. The molecule has 0 bridgehead atoms. The summed E-state index contributed by atoms with van der Waals surface area (Å²) in [5.74, 6) is 1.51. The molecular formula is C15H27IN6S. The highest BCUT2D eigenvalue weighted by Crippen LogP contribution is 2.34. The van der Waals surface area contributed by atoms with E-state index in [-0.39, 0.29) is 24.0 Å². The van der Waals surface area contributed by atoms with Crippen molar-refractivity contribution in [3.63, 3.8) is 0 Å². The lowest BCUT2D eigenvalue weighted by Crippen LogP contribution is -2.51. The molecule has 2 fully saturated rings. The lowest BCUT2D eigenvalue weighted by molar-refractivity contribution is 0.270. The number of anilines is 1. The molecule has 1 unspecified atom stereocenters. The van der Waals surface area contributed by atoms with Crippen LogP contribution in [0.15, 0.2) is 16.6 Å². The minimum absolute atomic E-state index is 0. The summed E-state index contributed by atoms with van der Waals surface area (Å²) in [6.07, 6.45) is 4.54. The fourth-order valence-corrected chi connectivity index (χ4v) is 3.70. The largest absolute Gasteiger partial charge is 0.370 e. The summed E-state index contributed by atoms with van der Waals surface area (Å²) in [4.78, 5) is 15.8.